The van der Waals surface area contributed by atoms with E-state index in [2.05, 4.69) is 26.2 Å². The van der Waals surface area contributed by atoms with Crippen LogP contribution >= 0.6 is 27.3 Å². The Hall–Kier alpha value is -2.98. The largest absolute Gasteiger partial charge is 0.493 e. The van der Waals surface area contributed by atoms with Gasteiger partial charge in [0.1, 0.15) is 23.3 Å². The molecule has 10 heteroatoms. The summed E-state index contributed by atoms with van der Waals surface area (Å²) in [5.74, 6) is 2.43. The summed E-state index contributed by atoms with van der Waals surface area (Å²) in [5, 5.41) is 3.83. The minimum absolute atomic E-state index is 0.0985. The number of hydrogen-bond donors (Lipinski definition) is 2. The van der Waals surface area contributed by atoms with Crippen molar-refractivity contribution < 1.29 is 18.9 Å². The van der Waals surface area contributed by atoms with Crippen molar-refractivity contribution in [2.24, 2.45) is 4.99 Å². The van der Waals surface area contributed by atoms with Gasteiger partial charge in [-0.3, -0.25) is 0 Å². The third-order valence-corrected chi connectivity index (χ3v) is 6.38. The molecule has 1 aliphatic heterocycles. The second kappa shape index (κ2) is 9.03. The molecule has 162 valence electrons. The number of nitrogens with one attached hydrogen (secondary N) is 1. The molecule has 0 radical (unpaired) electrons. The van der Waals surface area contributed by atoms with Gasteiger partial charge in [0.15, 0.2) is 16.6 Å². The number of nitrogen functional groups attached to an aromatic ring is 1. The summed E-state index contributed by atoms with van der Waals surface area (Å²) < 4.78 is 23.0. The van der Waals surface area contributed by atoms with Crippen LogP contribution in [0.5, 0.6) is 17.2 Å². The number of thiazole rings is 1. The Bertz CT molecular complexity index is 1110. The van der Waals surface area contributed by atoms with Gasteiger partial charge in [0.05, 0.1) is 21.3 Å². The minimum Gasteiger partial charge on any atom is -0.493 e. The molecule has 1 aromatic heterocycles. The smallest absolute Gasteiger partial charge is 0.231 e. The molecule has 8 nitrogen and oxygen atoms in total. The highest BCUT2D eigenvalue weighted by atomic mass is 79.9. The summed E-state index contributed by atoms with van der Waals surface area (Å²) in [7, 11) is 4.69. The zero-order valence-corrected chi connectivity index (χ0v) is 19.5. The summed E-state index contributed by atoms with van der Waals surface area (Å²) in [6.45, 7) is 0.449. The van der Waals surface area contributed by atoms with Crippen LogP contribution < -0.4 is 25.3 Å². The standard InChI is InChI=1S/C21H21BrN4O4S/c1-27-15-8-11(9-16(28-2)17(15)29-3)24-21-26-19(23)18(31-21)20-25-14(10-30-20)12-6-4-5-7-13(12)22/h4-9,14H,10,23H2,1-3H3,(H,24,26)/t14-/m0/s1. The lowest BCUT2D eigenvalue weighted by Crippen LogP contribution is -2.02. The van der Waals surface area contributed by atoms with Crippen molar-refractivity contribution >= 4 is 49.8 Å². The second-order valence-electron chi connectivity index (χ2n) is 6.55. The highest BCUT2D eigenvalue weighted by Crippen LogP contribution is 2.41. The van der Waals surface area contributed by atoms with E-state index in [0.29, 0.717) is 45.6 Å². The van der Waals surface area contributed by atoms with Gasteiger partial charge >= 0.3 is 0 Å². The number of nitrogens with zero attached hydrogens (tertiary/aromatic N) is 2. The molecule has 1 aliphatic rings. The van der Waals surface area contributed by atoms with Crippen molar-refractivity contribution in [1.82, 2.24) is 4.98 Å². The molecule has 4 rings (SSSR count). The third kappa shape index (κ3) is 4.26. The Labute approximate surface area is 192 Å². The Morgan fingerprint density at radius 1 is 1.13 bits per heavy atom. The molecule has 0 amide bonds. The van der Waals surface area contributed by atoms with Crippen LogP contribution in [0.4, 0.5) is 16.6 Å². The molecule has 0 saturated carbocycles. The van der Waals surface area contributed by atoms with Crippen molar-refractivity contribution in [2.45, 2.75) is 6.04 Å². The van der Waals surface area contributed by atoms with Crippen LogP contribution in [0.25, 0.3) is 0 Å². The van der Waals surface area contributed by atoms with E-state index in [4.69, 9.17) is 29.7 Å². The molecule has 31 heavy (non-hydrogen) atoms. The van der Waals surface area contributed by atoms with Crippen LogP contribution in [0, 0.1) is 0 Å². The topological polar surface area (TPSA) is 100 Å². The van der Waals surface area contributed by atoms with E-state index in [-0.39, 0.29) is 6.04 Å². The number of halogens is 1. The van der Waals surface area contributed by atoms with Gasteiger partial charge in [-0.05, 0) is 11.6 Å². The SMILES string of the molecule is COc1cc(Nc2nc(N)c(C3=N[C@H](c4ccccc4Br)CO3)s2)cc(OC)c1OC. The number of benzene rings is 2. The number of aliphatic imine (C=N–C) groups is 1. The van der Waals surface area contributed by atoms with Crippen LogP contribution in [0.3, 0.4) is 0 Å². The van der Waals surface area contributed by atoms with Crippen molar-refractivity contribution in [3.05, 3.63) is 51.3 Å². The van der Waals surface area contributed by atoms with Crippen molar-refractivity contribution in [3.8, 4) is 17.2 Å². The van der Waals surface area contributed by atoms with Crippen LogP contribution in [-0.4, -0.2) is 38.8 Å². The Morgan fingerprint density at radius 3 is 2.48 bits per heavy atom. The van der Waals surface area contributed by atoms with Gasteiger partial charge in [-0.25, -0.2) is 9.98 Å². The number of aromatic nitrogens is 1. The van der Waals surface area contributed by atoms with Gasteiger partial charge in [-0.1, -0.05) is 45.5 Å². The Kier molecular flexibility index (Phi) is 6.19. The van der Waals surface area contributed by atoms with E-state index >= 15 is 0 Å². The molecule has 3 N–H and O–H groups in total. The maximum atomic E-state index is 6.17. The van der Waals surface area contributed by atoms with Gasteiger partial charge < -0.3 is 30.0 Å². The lowest BCUT2D eigenvalue weighted by molar-refractivity contribution is 0.320. The van der Waals surface area contributed by atoms with Gasteiger partial charge in [0.25, 0.3) is 0 Å². The molecule has 0 unspecified atom stereocenters. The first-order valence-electron chi connectivity index (χ1n) is 9.32. The lowest BCUT2D eigenvalue weighted by Gasteiger charge is -2.14. The summed E-state index contributed by atoms with van der Waals surface area (Å²) in [4.78, 5) is 9.82. The highest BCUT2D eigenvalue weighted by molar-refractivity contribution is 9.10. The zero-order chi connectivity index (χ0) is 22.0. The number of nitrogens with two attached hydrogens (primary N) is 1. The molecule has 2 aromatic carbocycles. The number of methoxy groups -OCH3 is 3. The zero-order valence-electron chi connectivity index (χ0n) is 17.1. The van der Waals surface area contributed by atoms with E-state index in [0.717, 1.165) is 15.7 Å². The highest BCUT2D eigenvalue weighted by Gasteiger charge is 2.27. The fourth-order valence-corrected chi connectivity index (χ4v) is 4.62. The maximum Gasteiger partial charge on any atom is 0.231 e. The number of anilines is 3. The van der Waals surface area contributed by atoms with E-state index in [1.165, 1.54) is 11.3 Å². The summed E-state index contributed by atoms with van der Waals surface area (Å²) in [5.41, 5.74) is 7.95. The fourth-order valence-electron chi connectivity index (χ4n) is 3.22. The maximum absolute atomic E-state index is 6.17. The first-order valence-corrected chi connectivity index (χ1v) is 10.9. The lowest BCUT2D eigenvalue weighted by atomic mass is 10.1. The molecule has 1 atom stereocenters. The van der Waals surface area contributed by atoms with Crippen molar-refractivity contribution in [1.29, 1.82) is 0 Å². The first-order chi connectivity index (χ1) is 15.0. The molecule has 0 spiro atoms. The van der Waals surface area contributed by atoms with Crippen LogP contribution in [0.1, 0.15) is 16.5 Å². The summed E-state index contributed by atoms with van der Waals surface area (Å²) in [6.07, 6.45) is 0. The van der Waals surface area contributed by atoms with Crippen LogP contribution in [0.15, 0.2) is 45.9 Å². The normalized spacial score (nSPS) is 15.2. The molecule has 0 aliphatic carbocycles. The quantitative estimate of drug-likeness (QED) is 0.477. The van der Waals surface area contributed by atoms with E-state index in [1.54, 1.807) is 33.5 Å². The third-order valence-electron chi connectivity index (χ3n) is 4.68. The summed E-state index contributed by atoms with van der Waals surface area (Å²) in [6, 6.07) is 11.5. The number of ether oxygens (including phenoxy) is 4. The number of hydrogen-bond acceptors (Lipinski definition) is 9. The Morgan fingerprint density at radius 2 is 1.84 bits per heavy atom. The van der Waals surface area contributed by atoms with Gasteiger partial charge in [0.2, 0.25) is 11.6 Å². The Balaban J connectivity index is 1.59. The van der Waals surface area contributed by atoms with Crippen molar-refractivity contribution in [3.63, 3.8) is 0 Å². The molecule has 0 fully saturated rings. The van der Waals surface area contributed by atoms with Crippen LogP contribution in [0.2, 0.25) is 0 Å². The van der Waals surface area contributed by atoms with E-state index < -0.39 is 0 Å². The fraction of sp³-hybridized carbons (Fsp3) is 0.238. The minimum atomic E-state index is -0.0985. The average Bonchev–Trinajstić information content (AvgIpc) is 3.39. The van der Waals surface area contributed by atoms with E-state index in [9.17, 15) is 0 Å². The summed E-state index contributed by atoms with van der Waals surface area (Å²) >= 11 is 4.94. The average molecular weight is 505 g/mol. The van der Waals surface area contributed by atoms with Gasteiger partial charge in [-0.2, -0.15) is 0 Å². The molecule has 0 bridgehead atoms. The predicted octanol–water partition coefficient (Wildman–Crippen LogP) is 4.78. The molecule has 0 saturated heterocycles. The van der Waals surface area contributed by atoms with Gasteiger partial charge in [0, 0.05) is 22.3 Å². The van der Waals surface area contributed by atoms with Gasteiger partial charge in [-0.15, -0.1) is 0 Å². The van der Waals surface area contributed by atoms with Crippen molar-refractivity contribution in [2.75, 3.05) is 39.0 Å². The molecule has 3 aromatic rings. The molecular weight excluding hydrogens is 484 g/mol. The molecular formula is C21H21BrN4O4S. The second-order valence-corrected chi connectivity index (χ2v) is 8.41. The van der Waals surface area contributed by atoms with Crippen LogP contribution in [-0.2, 0) is 4.74 Å². The molecule has 2 heterocycles. The number of rotatable bonds is 7. The monoisotopic (exact) mass is 504 g/mol. The predicted molar refractivity (Wildman–Crippen MR) is 125 cm³/mol. The van der Waals surface area contributed by atoms with E-state index in [1.807, 2.05) is 24.3 Å². The first kappa shape index (κ1) is 21.3.